The Morgan fingerprint density at radius 3 is 3.00 bits per heavy atom. The Kier molecular flexibility index (Phi) is 2.63. The molecule has 2 N–H and O–H groups in total. The second kappa shape index (κ2) is 3.77. The van der Waals surface area contributed by atoms with Crippen LogP contribution in [0.5, 0.6) is 0 Å². The van der Waals surface area contributed by atoms with Gasteiger partial charge in [-0.25, -0.2) is 0 Å². The molecule has 0 spiro atoms. The number of rotatable bonds is 1. The summed E-state index contributed by atoms with van der Waals surface area (Å²) in [7, 11) is 0. The maximum Gasteiger partial charge on any atom is 0.191 e. The summed E-state index contributed by atoms with van der Waals surface area (Å²) in [4.78, 5) is 4.40. The van der Waals surface area contributed by atoms with Crippen molar-refractivity contribution in [2.45, 2.75) is 26.3 Å². The van der Waals surface area contributed by atoms with Gasteiger partial charge in [-0.15, -0.1) is 0 Å². The first-order valence-corrected chi connectivity index (χ1v) is 5.31. The average molecular weight is 197 g/mol. The second-order valence-electron chi connectivity index (χ2n) is 4.71. The van der Waals surface area contributed by atoms with Crippen molar-refractivity contribution >= 4 is 5.96 Å². The molecule has 0 aromatic carbocycles. The molecule has 4 heteroatoms. The van der Waals surface area contributed by atoms with Crippen molar-refractivity contribution in [2.75, 3.05) is 26.3 Å². The Bertz CT molecular complexity index is 238. The van der Waals surface area contributed by atoms with Crippen LogP contribution < -0.4 is 10.6 Å². The predicted octanol–water partition coefficient (Wildman–Crippen LogP) is 0.350. The van der Waals surface area contributed by atoms with E-state index in [0.717, 1.165) is 38.7 Å². The third-order valence-corrected chi connectivity index (χ3v) is 2.91. The molecule has 2 heterocycles. The summed E-state index contributed by atoms with van der Waals surface area (Å²) >= 11 is 0. The summed E-state index contributed by atoms with van der Waals surface area (Å²) in [6, 6.07) is 0.381. The highest BCUT2D eigenvalue weighted by molar-refractivity contribution is 5.80. The number of guanidine groups is 1. The number of hydrogen-bond acceptors (Lipinski definition) is 4. The zero-order valence-electron chi connectivity index (χ0n) is 8.97. The first-order valence-electron chi connectivity index (χ1n) is 5.31. The minimum absolute atomic E-state index is 0.210. The SMILES string of the molecule is CC1(C)COCC1NC1=NCCCN1. The monoisotopic (exact) mass is 197 g/mol. The fourth-order valence-corrected chi connectivity index (χ4v) is 1.80. The Morgan fingerprint density at radius 1 is 1.57 bits per heavy atom. The number of nitrogens with one attached hydrogen (secondary N) is 2. The number of hydrogen-bond donors (Lipinski definition) is 2. The van der Waals surface area contributed by atoms with Crippen LogP contribution in [0.2, 0.25) is 0 Å². The van der Waals surface area contributed by atoms with Gasteiger partial charge in [0.15, 0.2) is 5.96 Å². The van der Waals surface area contributed by atoms with E-state index >= 15 is 0 Å². The van der Waals surface area contributed by atoms with Crippen molar-refractivity contribution in [2.24, 2.45) is 10.4 Å². The average Bonchev–Trinajstić information content (AvgIpc) is 2.48. The third kappa shape index (κ3) is 2.00. The van der Waals surface area contributed by atoms with Gasteiger partial charge >= 0.3 is 0 Å². The lowest BCUT2D eigenvalue weighted by atomic mass is 9.88. The topological polar surface area (TPSA) is 45.6 Å². The van der Waals surface area contributed by atoms with E-state index < -0.39 is 0 Å². The van der Waals surface area contributed by atoms with Crippen molar-refractivity contribution in [3.05, 3.63) is 0 Å². The summed E-state index contributed by atoms with van der Waals surface area (Å²) in [6.07, 6.45) is 1.13. The van der Waals surface area contributed by atoms with Crippen LogP contribution in [0.1, 0.15) is 20.3 Å². The Morgan fingerprint density at radius 2 is 2.43 bits per heavy atom. The number of aliphatic imine (C=N–C) groups is 1. The minimum atomic E-state index is 0.210. The molecule has 0 bridgehead atoms. The molecule has 2 aliphatic rings. The maximum atomic E-state index is 5.47. The van der Waals surface area contributed by atoms with E-state index in [9.17, 15) is 0 Å². The molecule has 1 fully saturated rings. The quantitative estimate of drug-likeness (QED) is 0.637. The molecule has 14 heavy (non-hydrogen) atoms. The summed E-state index contributed by atoms with van der Waals surface area (Å²) in [5.41, 5.74) is 0.210. The van der Waals surface area contributed by atoms with Crippen LogP contribution in [0.25, 0.3) is 0 Å². The largest absolute Gasteiger partial charge is 0.379 e. The van der Waals surface area contributed by atoms with Crippen LogP contribution in [0, 0.1) is 5.41 Å². The third-order valence-electron chi connectivity index (χ3n) is 2.91. The van der Waals surface area contributed by atoms with Gasteiger partial charge in [0.2, 0.25) is 0 Å². The van der Waals surface area contributed by atoms with Crippen molar-refractivity contribution in [1.29, 1.82) is 0 Å². The van der Waals surface area contributed by atoms with Gasteiger partial charge in [-0.3, -0.25) is 4.99 Å². The molecular weight excluding hydrogens is 178 g/mol. The molecule has 0 aromatic heterocycles. The van der Waals surface area contributed by atoms with E-state index in [0.29, 0.717) is 6.04 Å². The highest BCUT2D eigenvalue weighted by Gasteiger charge is 2.36. The van der Waals surface area contributed by atoms with Crippen LogP contribution in [0.4, 0.5) is 0 Å². The minimum Gasteiger partial charge on any atom is -0.379 e. The molecule has 0 saturated carbocycles. The van der Waals surface area contributed by atoms with Crippen molar-refractivity contribution in [1.82, 2.24) is 10.6 Å². The van der Waals surface area contributed by atoms with Gasteiger partial charge in [-0.05, 0) is 6.42 Å². The molecule has 1 saturated heterocycles. The van der Waals surface area contributed by atoms with Crippen LogP contribution in [0.3, 0.4) is 0 Å². The van der Waals surface area contributed by atoms with E-state index in [1.54, 1.807) is 0 Å². The molecule has 80 valence electrons. The lowest BCUT2D eigenvalue weighted by molar-refractivity contribution is 0.166. The van der Waals surface area contributed by atoms with E-state index in [2.05, 4.69) is 29.5 Å². The Hall–Kier alpha value is -0.770. The molecule has 0 amide bonds. The van der Waals surface area contributed by atoms with Gasteiger partial charge in [0, 0.05) is 18.5 Å². The molecule has 2 rings (SSSR count). The van der Waals surface area contributed by atoms with E-state index in [1.165, 1.54) is 0 Å². The first kappa shape index (κ1) is 9.77. The molecular formula is C10H19N3O. The van der Waals surface area contributed by atoms with Gasteiger partial charge in [0.05, 0.1) is 19.3 Å². The zero-order valence-corrected chi connectivity index (χ0v) is 8.97. The van der Waals surface area contributed by atoms with Crippen molar-refractivity contribution in [3.8, 4) is 0 Å². The normalized spacial score (nSPS) is 30.7. The van der Waals surface area contributed by atoms with Gasteiger partial charge in [-0.2, -0.15) is 0 Å². The van der Waals surface area contributed by atoms with Crippen molar-refractivity contribution in [3.63, 3.8) is 0 Å². The second-order valence-corrected chi connectivity index (χ2v) is 4.71. The number of nitrogens with zero attached hydrogens (tertiary/aromatic N) is 1. The van der Waals surface area contributed by atoms with E-state index in [4.69, 9.17) is 4.74 Å². The fraction of sp³-hybridized carbons (Fsp3) is 0.900. The summed E-state index contributed by atoms with van der Waals surface area (Å²) in [6.45, 7) is 8.02. The molecule has 2 aliphatic heterocycles. The Balaban J connectivity index is 1.93. The highest BCUT2D eigenvalue weighted by atomic mass is 16.5. The molecule has 1 atom stereocenters. The summed E-state index contributed by atoms with van der Waals surface area (Å²) in [5, 5.41) is 6.69. The van der Waals surface area contributed by atoms with Gasteiger partial charge in [0.1, 0.15) is 0 Å². The van der Waals surface area contributed by atoms with Crippen LogP contribution >= 0.6 is 0 Å². The molecule has 0 radical (unpaired) electrons. The maximum absolute atomic E-state index is 5.47. The number of ether oxygens (including phenoxy) is 1. The smallest absolute Gasteiger partial charge is 0.191 e. The van der Waals surface area contributed by atoms with Gasteiger partial charge in [0.25, 0.3) is 0 Å². The molecule has 1 unspecified atom stereocenters. The van der Waals surface area contributed by atoms with Gasteiger partial charge < -0.3 is 15.4 Å². The lowest BCUT2D eigenvalue weighted by Crippen LogP contribution is -2.50. The van der Waals surface area contributed by atoms with Crippen LogP contribution in [-0.2, 0) is 4.74 Å². The Labute approximate surface area is 85.1 Å². The molecule has 4 nitrogen and oxygen atoms in total. The van der Waals surface area contributed by atoms with Gasteiger partial charge in [-0.1, -0.05) is 13.8 Å². The standard InChI is InChI=1S/C10H19N3O/c1-10(2)7-14-6-8(10)13-9-11-4-3-5-12-9/h8H,3-7H2,1-2H3,(H2,11,12,13). The predicted molar refractivity (Wildman–Crippen MR) is 56.4 cm³/mol. The van der Waals surface area contributed by atoms with Crippen LogP contribution in [-0.4, -0.2) is 38.3 Å². The summed E-state index contributed by atoms with van der Waals surface area (Å²) < 4.78 is 5.47. The first-order chi connectivity index (χ1) is 6.68. The molecule has 0 aromatic rings. The summed E-state index contributed by atoms with van der Waals surface area (Å²) in [5.74, 6) is 0.944. The fourth-order valence-electron chi connectivity index (χ4n) is 1.80. The lowest BCUT2D eigenvalue weighted by Gasteiger charge is -2.28. The van der Waals surface area contributed by atoms with Crippen molar-refractivity contribution < 1.29 is 4.74 Å². The van der Waals surface area contributed by atoms with E-state index in [-0.39, 0.29) is 5.41 Å². The van der Waals surface area contributed by atoms with Crippen LogP contribution in [0.15, 0.2) is 4.99 Å². The molecule has 0 aliphatic carbocycles. The zero-order chi connectivity index (χ0) is 10.0. The van der Waals surface area contributed by atoms with E-state index in [1.807, 2.05) is 0 Å². The highest BCUT2D eigenvalue weighted by Crippen LogP contribution is 2.27.